The summed E-state index contributed by atoms with van der Waals surface area (Å²) in [6.45, 7) is 15.5. The molecule has 0 aliphatic carbocycles. The van der Waals surface area contributed by atoms with Gasteiger partial charge in [0, 0.05) is 26.3 Å². The molecule has 0 spiro atoms. The molecule has 0 radical (unpaired) electrons. The molecular formula is C32H52O6. The van der Waals surface area contributed by atoms with Gasteiger partial charge in [-0.15, -0.1) is 0 Å². The Kier molecular flexibility index (Phi) is 16.0. The Bertz CT molecular complexity index is 875. The number of hydrogen-bond donors (Lipinski definition) is 0. The molecule has 1 rings (SSSR count). The first-order chi connectivity index (χ1) is 17.9. The van der Waals surface area contributed by atoms with Crippen LogP contribution in [0.4, 0.5) is 0 Å². The minimum atomic E-state index is -0.536. The lowest BCUT2D eigenvalue weighted by atomic mass is 9.90. The number of esters is 3. The number of carbonyl (C=O) groups is 3. The Labute approximate surface area is 231 Å². The molecule has 0 saturated heterocycles. The highest BCUT2D eigenvalue weighted by Gasteiger charge is 2.22. The summed E-state index contributed by atoms with van der Waals surface area (Å²) in [5.41, 5.74) is 0.567. The molecule has 0 fully saturated rings. The normalized spacial score (nSPS) is 13.6. The quantitative estimate of drug-likeness (QED) is 0.139. The van der Waals surface area contributed by atoms with Crippen LogP contribution in [0.25, 0.3) is 0 Å². The van der Waals surface area contributed by atoms with Gasteiger partial charge in [-0.1, -0.05) is 92.4 Å². The maximum atomic E-state index is 11.8. The van der Waals surface area contributed by atoms with Crippen molar-refractivity contribution in [3.05, 3.63) is 17.7 Å². The van der Waals surface area contributed by atoms with E-state index in [1.165, 1.54) is 78.2 Å². The summed E-state index contributed by atoms with van der Waals surface area (Å²) in [5.74, 6) is 1.90. The topological polar surface area (TPSA) is 78.9 Å². The fourth-order valence-electron chi connectivity index (χ4n) is 4.89. The van der Waals surface area contributed by atoms with Gasteiger partial charge in [-0.05, 0) is 48.6 Å². The van der Waals surface area contributed by atoms with Crippen LogP contribution in [-0.4, -0.2) is 17.9 Å². The van der Waals surface area contributed by atoms with E-state index in [1.54, 1.807) is 6.07 Å². The van der Waals surface area contributed by atoms with Crippen LogP contribution in [0.3, 0.4) is 0 Å². The Morgan fingerprint density at radius 2 is 0.974 bits per heavy atom. The van der Waals surface area contributed by atoms with Gasteiger partial charge < -0.3 is 14.2 Å². The number of benzene rings is 1. The van der Waals surface area contributed by atoms with Crippen LogP contribution in [0.5, 0.6) is 17.2 Å². The Morgan fingerprint density at radius 3 is 1.42 bits per heavy atom. The van der Waals surface area contributed by atoms with E-state index < -0.39 is 17.9 Å². The van der Waals surface area contributed by atoms with Crippen molar-refractivity contribution >= 4 is 17.9 Å². The van der Waals surface area contributed by atoms with E-state index in [4.69, 9.17) is 14.2 Å². The molecule has 1 aromatic carbocycles. The predicted octanol–water partition coefficient (Wildman–Crippen LogP) is 8.47. The highest BCUT2D eigenvalue weighted by molar-refractivity contribution is 5.76. The van der Waals surface area contributed by atoms with E-state index >= 15 is 0 Å². The number of carbonyl (C=O) groups excluding carboxylic acids is 3. The molecule has 0 aliphatic rings. The minimum Gasteiger partial charge on any atom is -0.426 e. The van der Waals surface area contributed by atoms with Gasteiger partial charge in [0.15, 0.2) is 11.5 Å². The lowest BCUT2D eigenvalue weighted by Gasteiger charge is -2.19. The van der Waals surface area contributed by atoms with Crippen molar-refractivity contribution in [2.45, 2.75) is 126 Å². The average molecular weight is 533 g/mol. The number of hydrogen-bond acceptors (Lipinski definition) is 6. The molecule has 3 unspecified atom stereocenters. The SMILES string of the molecule is CC(=O)Oc1ccc(OC(C)=O)c(OC(C)=O)c1CCC(C)CCCC(C)CCCC(C)CCCC(C)C. The van der Waals surface area contributed by atoms with Crippen molar-refractivity contribution < 1.29 is 28.6 Å². The first kappa shape index (κ1) is 33.7. The first-order valence-corrected chi connectivity index (χ1v) is 14.6. The van der Waals surface area contributed by atoms with Crippen LogP contribution in [0, 0.1) is 23.7 Å². The average Bonchev–Trinajstić information content (AvgIpc) is 2.79. The van der Waals surface area contributed by atoms with Gasteiger partial charge in [0.25, 0.3) is 0 Å². The molecular weight excluding hydrogens is 480 g/mol. The van der Waals surface area contributed by atoms with Gasteiger partial charge in [-0.3, -0.25) is 14.4 Å². The molecule has 6 nitrogen and oxygen atoms in total. The summed E-state index contributed by atoms with van der Waals surface area (Å²) in [6, 6.07) is 3.07. The monoisotopic (exact) mass is 532 g/mol. The third-order valence-corrected chi connectivity index (χ3v) is 7.09. The van der Waals surface area contributed by atoms with E-state index in [2.05, 4.69) is 34.6 Å². The van der Waals surface area contributed by atoms with Gasteiger partial charge in [0.2, 0.25) is 0 Å². The molecule has 6 heteroatoms. The van der Waals surface area contributed by atoms with Crippen LogP contribution in [0.15, 0.2) is 12.1 Å². The molecule has 0 heterocycles. The van der Waals surface area contributed by atoms with Gasteiger partial charge in [-0.2, -0.15) is 0 Å². The van der Waals surface area contributed by atoms with Crippen LogP contribution >= 0.6 is 0 Å². The molecule has 216 valence electrons. The molecule has 3 atom stereocenters. The Balaban J connectivity index is 2.61. The highest BCUT2D eigenvalue weighted by Crippen LogP contribution is 2.40. The summed E-state index contributed by atoms with van der Waals surface area (Å²) in [4.78, 5) is 35.0. The number of rotatable bonds is 18. The van der Waals surface area contributed by atoms with Gasteiger partial charge in [0.1, 0.15) is 5.75 Å². The van der Waals surface area contributed by atoms with Crippen molar-refractivity contribution in [3.63, 3.8) is 0 Å². The molecule has 1 aromatic rings. The van der Waals surface area contributed by atoms with Crippen molar-refractivity contribution in [2.24, 2.45) is 23.7 Å². The van der Waals surface area contributed by atoms with Crippen molar-refractivity contribution in [2.75, 3.05) is 0 Å². The highest BCUT2D eigenvalue weighted by atomic mass is 16.6. The van der Waals surface area contributed by atoms with Crippen molar-refractivity contribution in [1.29, 1.82) is 0 Å². The predicted molar refractivity (Wildman–Crippen MR) is 153 cm³/mol. The Morgan fingerprint density at radius 1 is 0.579 bits per heavy atom. The molecule has 0 aromatic heterocycles. The standard InChI is InChI=1S/C32H52O6/c1-22(2)12-9-13-23(3)14-10-15-24(4)16-11-17-25(5)18-19-29-30(36-26(6)33)20-21-31(37-27(7)34)32(29)38-28(8)35/h20-25H,9-19H2,1-8H3. The first-order valence-electron chi connectivity index (χ1n) is 14.6. The van der Waals surface area contributed by atoms with Crippen molar-refractivity contribution in [1.82, 2.24) is 0 Å². The second-order valence-corrected chi connectivity index (χ2v) is 11.7. The molecule has 0 saturated carbocycles. The Hall–Kier alpha value is -2.37. The van der Waals surface area contributed by atoms with Gasteiger partial charge in [-0.25, -0.2) is 0 Å². The summed E-state index contributed by atoms with van der Waals surface area (Å²) >= 11 is 0. The fraction of sp³-hybridized carbons (Fsp3) is 0.719. The third kappa shape index (κ3) is 14.5. The summed E-state index contributed by atoms with van der Waals surface area (Å²) in [7, 11) is 0. The van der Waals surface area contributed by atoms with E-state index in [0.717, 1.165) is 30.6 Å². The smallest absolute Gasteiger partial charge is 0.308 e. The van der Waals surface area contributed by atoms with E-state index in [1.807, 2.05) is 0 Å². The zero-order valence-corrected chi connectivity index (χ0v) is 25.2. The zero-order chi connectivity index (χ0) is 28.7. The lowest BCUT2D eigenvalue weighted by molar-refractivity contribution is -0.134. The number of ether oxygens (including phenoxy) is 3. The van der Waals surface area contributed by atoms with Crippen molar-refractivity contribution in [3.8, 4) is 17.2 Å². The fourth-order valence-corrected chi connectivity index (χ4v) is 4.89. The minimum absolute atomic E-state index is 0.144. The molecule has 38 heavy (non-hydrogen) atoms. The maximum Gasteiger partial charge on any atom is 0.308 e. The molecule has 0 aliphatic heterocycles. The van der Waals surface area contributed by atoms with Crippen LogP contribution in [0.2, 0.25) is 0 Å². The maximum absolute atomic E-state index is 11.8. The summed E-state index contributed by atoms with van der Waals surface area (Å²) in [6.07, 6.45) is 12.9. The van der Waals surface area contributed by atoms with Crippen LogP contribution < -0.4 is 14.2 Å². The second-order valence-electron chi connectivity index (χ2n) is 11.7. The van der Waals surface area contributed by atoms with Crippen LogP contribution in [0.1, 0.15) is 125 Å². The second kappa shape index (κ2) is 18.0. The van der Waals surface area contributed by atoms with Crippen LogP contribution in [-0.2, 0) is 20.8 Å². The van der Waals surface area contributed by atoms with E-state index in [0.29, 0.717) is 23.7 Å². The molecule has 0 N–H and O–H groups in total. The van der Waals surface area contributed by atoms with Gasteiger partial charge >= 0.3 is 17.9 Å². The molecule has 0 bridgehead atoms. The lowest BCUT2D eigenvalue weighted by Crippen LogP contribution is -2.12. The largest absolute Gasteiger partial charge is 0.426 e. The zero-order valence-electron chi connectivity index (χ0n) is 25.2. The summed E-state index contributed by atoms with van der Waals surface area (Å²) in [5, 5.41) is 0. The third-order valence-electron chi connectivity index (χ3n) is 7.09. The van der Waals surface area contributed by atoms with E-state index in [9.17, 15) is 14.4 Å². The van der Waals surface area contributed by atoms with Gasteiger partial charge in [0.05, 0.1) is 0 Å². The van der Waals surface area contributed by atoms with E-state index in [-0.39, 0.29) is 11.5 Å². The molecule has 0 amide bonds. The summed E-state index contributed by atoms with van der Waals surface area (Å²) < 4.78 is 16.1.